The van der Waals surface area contributed by atoms with Crippen LogP contribution in [-0.2, 0) is 4.74 Å². The third kappa shape index (κ3) is 1.41. The number of nitrogens with two attached hydrogens (primary N) is 1. The largest absolute Gasteiger partial charge is 0.375 e. The van der Waals surface area contributed by atoms with Crippen molar-refractivity contribution < 1.29 is 4.74 Å². The average molecular weight is 126 g/mol. The van der Waals surface area contributed by atoms with Crippen molar-refractivity contribution in [3.63, 3.8) is 0 Å². The fraction of sp³-hybridized carbons (Fsp3) is 0.833. The van der Waals surface area contributed by atoms with Crippen LogP contribution >= 0.6 is 0 Å². The van der Waals surface area contributed by atoms with E-state index in [9.17, 15) is 0 Å². The highest BCUT2D eigenvalue weighted by Crippen LogP contribution is 2.13. The molecule has 0 aliphatic carbocycles. The summed E-state index contributed by atoms with van der Waals surface area (Å²) in [5.74, 6) is 0. The predicted octanol–water partition coefficient (Wildman–Crippen LogP) is 0.0163. The monoisotopic (exact) mass is 126 g/mol. The summed E-state index contributed by atoms with van der Waals surface area (Å²) in [6.07, 6.45) is 1.98. The van der Waals surface area contributed by atoms with Gasteiger partial charge in [0.05, 0.1) is 12.2 Å². The van der Waals surface area contributed by atoms with E-state index in [1.807, 2.05) is 6.07 Å². The minimum Gasteiger partial charge on any atom is -0.375 e. The van der Waals surface area contributed by atoms with Crippen molar-refractivity contribution in [3.05, 3.63) is 0 Å². The molecule has 50 valence electrons. The zero-order chi connectivity index (χ0) is 6.69. The number of ether oxygens (including phenoxy) is 1. The molecule has 1 fully saturated rings. The van der Waals surface area contributed by atoms with E-state index in [2.05, 4.69) is 0 Å². The van der Waals surface area contributed by atoms with Crippen LogP contribution in [0.3, 0.4) is 0 Å². The van der Waals surface area contributed by atoms with Crippen molar-refractivity contribution in [1.82, 2.24) is 0 Å². The third-order valence-electron chi connectivity index (χ3n) is 1.51. The van der Waals surface area contributed by atoms with E-state index in [1.165, 1.54) is 0 Å². The second kappa shape index (κ2) is 2.81. The highest BCUT2D eigenvalue weighted by molar-refractivity contribution is 4.94. The van der Waals surface area contributed by atoms with Crippen LogP contribution in [0.5, 0.6) is 0 Å². The zero-order valence-electron chi connectivity index (χ0n) is 5.21. The van der Waals surface area contributed by atoms with Gasteiger partial charge < -0.3 is 10.5 Å². The molecule has 0 saturated carbocycles. The van der Waals surface area contributed by atoms with Gasteiger partial charge in [0, 0.05) is 6.61 Å². The van der Waals surface area contributed by atoms with Gasteiger partial charge in [0.1, 0.15) is 6.04 Å². The first-order valence-corrected chi connectivity index (χ1v) is 3.11. The summed E-state index contributed by atoms with van der Waals surface area (Å²) in [7, 11) is 0. The maximum absolute atomic E-state index is 8.34. The molecule has 0 bridgehead atoms. The number of hydrogen-bond donors (Lipinski definition) is 1. The topological polar surface area (TPSA) is 59.0 Å². The van der Waals surface area contributed by atoms with E-state index >= 15 is 0 Å². The molecule has 1 saturated heterocycles. The highest BCUT2D eigenvalue weighted by Gasteiger charge is 2.21. The van der Waals surface area contributed by atoms with Crippen molar-refractivity contribution in [2.75, 3.05) is 6.61 Å². The van der Waals surface area contributed by atoms with Gasteiger partial charge in [-0.2, -0.15) is 5.26 Å². The Bertz CT molecular complexity index is 124. The van der Waals surface area contributed by atoms with E-state index < -0.39 is 6.04 Å². The standard InChI is InChI=1S/C6H10N2O/c7-4-5(8)6-2-1-3-9-6/h5-6H,1-3,8H2/t5-,6-/m0/s1. The Kier molecular flexibility index (Phi) is 2.04. The second-order valence-corrected chi connectivity index (χ2v) is 2.21. The van der Waals surface area contributed by atoms with Crippen LogP contribution in [0.1, 0.15) is 12.8 Å². The molecule has 0 aromatic heterocycles. The average Bonchev–Trinajstić information content (AvgIpc) is 2.37. The Balaban J connectivity index is 2.34. The van der Waals surface area contributed by atoms with Crippen LogP contribution in [0.15, 0.2) is 0 Å². The molecule has 1 aliphatic rings. The van der Waals surface area contributed by atoms with E-state index in [1.54, 1.807) is 0 Å². The molecular weight excluding hydrogens is 116 g/mol. The lowest BCUT2D eigenvalue weighted by molar-refractivity contribution is 0.103. The first kappa shape index (κ1) is 6.53. The minimum atomic E-state index is -0.424. The smallest absolute Gasteiger partial charge is 0.119 e. The van der Waals surface area contributed by atoms with Gasteiger partial charge in [-0.05, 0) is 12.8 Å². The van der Waals surface area contributed by atoms with Gasteiger partial charge in [0.25, 0.3) is 0 Å². The van der Waals surface area contributed by atoms with Crippen LogP contribution in [0.4, 0.5) is 0 Å². The summed E-state index contributed by atoms with van der Waals surface area (Å²) in [4.78, 5) is 0. The van der Waals surface area contributed by atoms with Gasteiger partial charge in [-0.1, -0.05) is 0 Å². The summed E-state index contributed by atoms with van der Waals surface area (Å²) in [6, 6.07) is 1.54. The maximum Gasteiger partial charge on any atom is 0.119 e. The van der Waals surface area contributed by atoms with Crippen molar-refractivity contribution in [2.45, 2.75) is 25.0 Å². The van der Waals surface area contributed by atoms with E-state index in [0.29, 0.717) is 0 Å². The first-order chi connectivity index (χ1) is 4.34. The Morgan fingerprint density at radius 2 is 2.56 bits per heavy atom. The van der Waals surface area contributed by atoms with E-state index in [0.717, 1.165) is 19.4 Å². The minimum absolute atomic E-state index is 0.00463. The Hall–Kier alpha value is -0.590. The van der Waals surface area contributed by atoms with Crippen LogP contribution in [0.25, 0.3) is 0 Å². The molecule has 0 aromatic carbocycles. The summed E-state index contributed by atoms with van der Waals surface area (Å²) < 4.78 is 5.16. The molecule has 0 radical (unpaired) electrons. The molecule has 2 atom stereocenters. The number of rotatable bonds is 1. The molecule has 0 aromatic rings. The lowest BCUT2D eigenvalue weighted by atomic mass is 10.1. The van der Waals surface area contributed by atoms with Crippen molar-refractivity contribution in [2.24, 2.45) is 5.73 Å². The number of hydrogen-bond acceptors (Lipinski definition) is 3. The van der Waals surface area contributed by atoms with Crippen molar-refractivity contribution >= 4 is 0 Å². The molecule has 1 heterocycles. The summed E-state index contributed by atoms with van der Waals surface area (Å²) >= 11 is 0. The van der Waals surface area contributed by atoms with Gasteiger partial charge in [-0.3, -0.25) is 0 Å². The second-order valence-electron chi connectivity index (χ2n) is 2.21. The summed E-state index contributed by atoms with van der Waals surface area (Å²) in [6.45, 7) is 0.764. The first-order valence-electron chi connectivity index (χ1n) is 3.11. The van der Waals surface area contributed by atoms with E-state index in [4.69, 9.17) is 15.7 Å². The van der Waals surface area contributed by atoms with Crippen LogP contribution < -0.4 is 5.73 Å². The summed E-state index contributed by atoms with van der Waals surface area (Å²) in [5, 5.41) is 8.34. The highest BCUT2D eigenvalue weighted by atomic mass is 16.5. The number of nitrogens with zero attached hydrogens (tertiary/aromatic N) is 1. The van der Waals surface area contributed by atoms with Gasteiger partial charge in [-0.15, -0.1) is 0 Å². The maximum atomic E-state index is 8.34. The van der Waals surface area contributed by atoms with Crippen LogP contribution in [-0.4, -0.2) is 18.8 Å². The molecule has 0 unspecified atom stereocenters. The third-order valence-corrected chi connectivity index (χ3v) is 1.51. The fourth-order valence-electron chi connectivity index (χ4n) is 0.969. The Morgan fingerprint density at radius 3 is 3.00 bits per heavy atom. The van der Waals surface area contributed by atoms with Crippen molar-refractivity contribution in [3.8, 4) is 6.07 Å². The predicted molar refractivity (Wildman–Crippen MR) is 32.6 cm³/mol. The molecular formula is C6H10N2O. The molecule has 1 rings (SSSR count). The molecule has 0 amide bonds. The molecule has 9 heavy (non-hydrogen) atoms. The summed E-state index contributed by atoms with van der Waals surface area (Å²) in [5.41, 5.74) is 5.39. The van der Waals surface area contributed by atoms with Gasteiger partial charge >= 0.3 is 0 Å². The van der Waals surface area contributed by atoms with Crippen molar-refractivity contribution in [1.29, 1.82) is 5.26 Å². The quantitative estimate of drug-likeness (QED) is 0.538. The normalized spacial score (nSPS) is 29.6. The van der Waals surface area contributed by atoms with Gasteiger partial charge in [0.15, 0.2) is 0 Å². The van der Waals surface area contributed by atoms with E-state index in [-0.39, 0.29) is 6.10 Å². The number of nitriles is 1. The van der Waals surface area contributed by atoms with Gasteiger partial charge in [0.2, 0.25) is 0 Å². The molecule has 3 nitrogen and oxygen atoms in total. The lowest BCUT2D eigenvalue weighted by Crippen LogP contribution is -2.32. The molecule has 3 heteroatoms. The van der Waals surface area contributed by atoms with Gasteiger partial charge in [-0.25, -0.2) is 0 Å². The molecule has 0 spiro atoms. The zero-order valence-corrected chi connectivity index (χ0v) is 5.21. The molecule has 2 N–H and O–H groups in total. The Labute approximate surface area is 54.4 Å². The SMILES string of the molecule is N#C[C@H](N)[C@@H]1CCCO1. The fourth-order valence-corrected chi connectivity index (χ4v) is 0.969. The van der Waals surface area contributed by atoms with Crippen LogP contribution in [0, 0.1) is 11.3 Å². The molecule has 1 aliphatic heterocycles. The lowest BCUT2D eigenvalue weighted by Gasteiger charge is -2.09. The van der Waals surface area contributed by atoms with Crippen LogP contribution in [0.2, 0.25) is 0 Å². The Morgan fingerprint density at radius 1 is 1.78 bits per heavy atom.